The van der Waals surface area contributed by atoms with Crippen molar-refractivity contribution in [2.75, 3.05) is 5.32 Å². The number of amides is 1. The Balaban J connectivity index is 1.88. The number of carbonyl (C=O) groups is 1. The zero-order valence-electron chi connectivity index (χ0n) is 12.0. The molecule has 4 aromatic rings. The molecule has 108 valence electrons. The molecule has 4 rings (SSSR count). The monoisotopic (exact) mass is 290 g/mol. The van der Waals surface area contributed by atoms with Crippen molar-refractivity contribution < 1.29 is 4.79 Å². The number of imidazole rings is 1. The van der Waals surface area contributed by atoms with Crippen LogP contribution in [-0.4, -0.2) is 20.9 Å². The van der Waals surface area contributed by atoms with E-state index in [2.05, 4.69) is 40.4 Å². The summed E-state index contributed by atoms with van der Waals surface area (Å²) in [5.74, 6) is 0. The second kappa shape index (κ2) is 4.73. The lowest BCUT2D eigenvalue weighted by Crippen LogP contribution is -1.94. The number of benzene rings is 2. The predicted octanol–water partition coefficient (Wildman–Crippen LogP) is 3.38. The molecule has 0 radical (unpaired) electrons. The minimum Gasteiger partial charge on any atom is -0.361 e. The van der Waals surface area contributed by atoms with E-state index >= 15 is 0 Å². The molecular formula is C17H14N4O. The summed E-state index contributed by atoms with van der Waals surface area (Å²) in [5, 5.41) is 3.85. The molecule has 2 N–H and O–H groups in total. The number of carbonyl (C=O) groups excluding carboxylic acids is 1. The van der Waals surface area contributed by atoms with Crippen molar-refractivity contribution in [3.63, 3.8) is 0 Å². The molecule has 22 heavy (non-hydrogen) atoms. The van der Waals surface area contributed by atoms with Gasteiger partial charge in [0, 0.05) is 28.5 Å². The van der Waals surface area contributed by atoms with Gasteiger partial charge in [-0.1, -0.05) is 0 Å². The number of fused-ring (bicyclic) bond motifs is 2. The van der Waals surface area contributed by atoms with Gasteiger partial charge in [0.15, 0.2) is 0 Å². The van der Waals surface area contributed by atoms with E-state index in [9.17, 15) is 4.79 Å². The van der Waals surface area contributed by atoms with Gasteiger partial charge in [-0.25, -0.2) is 4.98 Å². The molecular weight excluding hydrogens is 276 g/mol. The van der Waals surface area contributed by atoms with Crippen molar-refractivity contribution >= 4 is 34.0 Å². The van der Waals surface area contributed by atoms with Crippen LogP contribution in [0.15, 0.2) is 48.9 Å². The maximum Gasteiger partial charge on any atom is 0.211 e. The highest BCUT2D eigenvalue weighted by Gasteiger charge is 2.07. The number of aromatic amines is 1. The lowest BCUT2D eigenvalue weighted by atomic mass is 10.1. The number of nitrogens with one attached hydrogen (secondary N) is 2. The van der Waals surface area contributed by atoms with Crippen LogP contribution in [0.25, 0.3) is 27.6 Å². The van der Waals surface area contributed by atoms with Crippen LogP contribution in [0.1, 0.15) is 5.56 Å². The van der Waals surface area contributed by atoms with Gasteiger partial charge in [0.25, 0.3) is 0 Å². The first-order valence-electron chi connectivity index (χ1n) is 7.02. The average Bonchev–Trinajstić information content (AvgIpc) is 3.11. The summed E-state index contributed by atoms with van der Waals surface area (Å²) in [6, 6.07) is 12.0. The predicted molar refractivity (Wildman–Crippen MR) is 87.4 cm³/mol. The van der Waals surface area contributed by atoms with Crippen LogP contribution in [0, 0.1) is 6.92 Å². The normalized spacial score (nSPS) is 11.1. The number of hydrogen-bond acceptors (Lipinski definition) is 2. The smallest absolute Gasteiger partial charge is 0.211 e. The fraction of sp³-hybridized carbons (Fsp3) is 0.0588. The van der Waals surface area contributed by atoms with Crippen molar-refractivity contribution in [1.82, 2.24) is 14.5 Å². The Bertz CT molecular complexity index is 996. The molecule has 0 bridgehead atoms. The fourth-order valence-corrected chi connectivity index (χ4v) is 2.77. The van der Waals surface area contributed by atoms with Gasteiger partial charge >= 0.3 is 0 Å². The molecule has 1 amide bonds. The maximum absolute atomic E-state index is 10.5. The minimum absolute atomic E-state index is 0.667. The highest BCUT2D eigenvalue weighted by atomic mass is 16.1. The van der Waals surface area contributed by atoms with E-state index in [4.69, 9.17) is 0 Å². The quantitative estimate of drug-likeness (QED) is 0.568. The molecule has 5 nitrogen and oxygen atoms in total. The third-order valence-corrected chi connectivity index (χ3v) is 3.92. The minimum atomic E-state index is 0.667. The van der Waals surface area contributed by atoms with Gasteiger partial charge in [-0.05, 0) is 48.9 Å². The molecule has 0 saturated heterocycles. The summed E-state index contributed by atoms with van der Waals surface area (Å²) >= 11 is 0. The maximum atomic E-state index is 10.5. The van der Waals surface area contributed by atoms with Crippen LogP contribution in [0.5, 0.6) is 0 Å². The Hall–Kier alpha value is -3.08. The van der Waals surface area contributed by atoms with Gasteiger partial charge < -0.3 is 10.3 Å². The van der Waals surface area contributed by atoms with Crippen molar-refractivity contribution in [2.45, 2.75) is 6.92 Å². The summed E-state index contributed by atoms with van der Waals surface area (Å²) in [7, 11) is 0. The third-order valence-electron chi connectivity index (χ3n) is 3.92. The third kappa shape index (κ3) is 1.87. The second-order valence-corrected chi connectivity index (χ2v) is 5.28. The molecule has 0 spiro atoms. The van der Waals surface area contributed by atoms with E-state index in [1.165, 1.54) is 10.9 Å². The Morgan fingerprint density at radius 3 is 3.00 bits per heavy atom. The first kappa shape index (κ1) is 12.6. The first-order valence-corrected chi connectivity index (χ1v) is 7.02. The number of aryl methyl sites for hydroxylation is 1. The second-order valence-electron chi connectivity index (χ2n) is 5.28. The van der Waals surface area contributed by atoms with Gasteiger partial charge in [0.2, 0.25) is 6.41 Å². The van der Waals surface area contributed by atoms with Crippen LogP contribution in [0.3, 0.4) is 0 Å². The summed E-state index contributed by atoms with van der Waals surface area (Å²) in [5.41, 5.74) is 6.00. The Morgan fingerprint density at radius 2 is 2.14 bits per heavy atom. The van der Waals surface area contributed by atoms with E-state index in [0.29, 0.717) is 6.41 Å². The summed E-state index contributed by atoms with van der Waals surface area (Å²) in [6.07, 6.45) is 4.48. The van der Waals surface area contributed by atoms with Gasteiger partial charge in [-0.3, -0.25) is 9.36 Å². The lowest BCUT2D eigenvalue weighted by molar-refractivity contribution is -0.105. The lowest BCUT2D eigenvalue weighted by Gasteiger charge is -2.06. The Morgan fingerprint density at radius 1 is 1.23 bits per heavy atom. The molecule has 2 aromatic carbocycles. The van der Waals surface area contributed by atoms with Crippen LogP contribution in [0.4, 0.5) is 5.69 Å². The van der Waals surface area contributed by atoms with Gasteiger partial charge in [-0.2, -0.15) is 0 Å². The van der Waals surface area contributed by atoms with Crippen molar-refractivity contribution in [2.24, 2.45) is 0 Å². The van der Waals surface area contributed by atoms with E-state index in [1.807, 2.05) is 29.0 Å². The van der Waals surface area contributed by atoms with Crippen molar-refractivity contribution in [1.29, 1.82) is 0 Å². The zero-order valence-corrected chi connectivity index (χ0v) is 12.0. The van der Waals surface area contributed by atoms with Crippen molar-refractivity contribution in [3.05, 3.63) is 54.5 Å². The molecule has 0 unspecified atom stereocenters. The number of rotatable bonds is 3. The topological polar surface area (TPSA) is 62.7 Å². The molecule has 2 heterocycles. The molecule has 5 heteroatoms. The summed E-state index contributed by atoms with van der Waals surface area (Å²) < 4.78 is 2.05. The molecule has 0 saturated carbocycles. The molecule has 0 aliphatic rings. The number of anilines is 1. The molecule has 0 aliphatic carbocycles. The standard InChI is InChI=1S/C17H14N4O/c1-11-8-18-15-4-3-13(7-14(11)15)21-9-19-16-6-12(20-10-22)2-5-17(16)21/h2-10,18H,1H3,(H,20,22). The van der Waals surface area contributed by atoms with Gasteiger partial charge in [-0.15, -0.1) is 0 Å². The van der Waals surface area contributed by atoms with E-state index < -0.39 is 0 Å². The number of nitrogens with zero attached hydrogens (tertiary/aromatic N) is 2. The Labute approximate surface area is 126 Å². The number of hydrogen-bond donors (Lipinski definition) is 2. The highest BCUT2D eigenvalue weighted by molar-refractivity contribution is 5.87. The number of aromatic nitrogens is 3. The zero-order chi connectivity index (χ0) is 15.1. The SMILES string of the molecule is Cc1c[nH]c2ccc(-n3cnc4cc(NC=O)ccc43)cc12. The molecule has 0 atom stereocenters. The van der Waals surface area contributed by atoms with E-state index in [1.54, 1.807) is 6.33 Å². The van der Waals surface area contributed by atoms with Crippen LogP contribution >= 0.6 is 0 Å². The van der Waals surface area contributed by atoms with Gasteiger partial charge in [0.1, 0.15) is 6.33 Å². The number of H-pyrrole nitrogens is 1. The van der Waals surface area contributed by atoms with Crippen LogP contribution in [-0.2, 0) is 4.79 Å². The summed E-state index contributed by atoms with van der Waals surface area (Å²) in [6.45, 7) is 2.09. The van der Waals surface area contributed by atoms with E-state index in [-0.39, 0.29) is 0 Å². The van der Waals surface area contributed by atoms with Crippen molar-refractivity contribution in [3.8, 4) is 5.69 Å². The molecule has 2 aromatic heterocycles. The van der Waals surface area contributed by atoms with Gasteiger partial charge in [0.05, 0.1) is 11.0 Å². The highest BCUT2D eigenvalue weighted by Crippen LogP contribution is 2.25. The molecule has 0 fully saturated rings. The first-order chi connectivity index (χ1) is 10.8. The van der Waals surface area contributed by atoms with Crippen LogP contribution < -0.4 is 5.32 Å². The Kier molecular flexibility index (Phi) is 2.72. The largest absolute Gasteiger partial charge is 0.361 e. The summed E-state index contributed by atoms with van der Waals surface area (Å²) in [4.78, 5) is 18.2. The van der Waals surface area contributed by atoms with Crippen LogP contribution in [0.2, 0.25) is 0 Å². The molecule has 0 aliphatic heterocycles. The average molecular weight is 290 g/mol. The fourth-order valence-electron chi connectivity index (χ4n) is 2.77. The van der Waals surface area contributed by atoms with E-state index in [0.717, 1.165) is 27.9 Å².